The highest BCUT2D eigenvalue weighted by Gasteiger charge is 2.05. The number of aryl methyl sites for hydroxylation is 2. The molecule has 0 N–H and O–H groups in total. The Morgan fingerprint density at radius 3 is 2.77 bits per heavy atom. The Balaban J connectivity index is 2.97. The first-order valence-corrected chi connectivity index (χ1v) is 4.16. The molecule has 0 fully saturated rings. The van der Waals surface area contributed by atoms with Crippen molar-refractivity contribution in [2.24, 2.45) is 7.05 Å². The Kier molecular flexibility index (Phi) is 1.60. The van der Waals surface area contributed by atoms with Crippen molar-refractivity contribution < 1.29 is 0 Å². The van der Waals surface area contributed by atoms with Gasteiger partial charge in [0, 0.05) is 24.1 Å². The molecule has 0 saturated heterocycles. The van der Waals surface area contributed by atoms with Crippen LogP contribution in [0.15, 0.2) is 24.4 Å². The van der Waals surface area contributed by atoms with Crippen LogP contribution in [0.25, 0.3) is 15.7 Å². The quantitative estimate of drug-likeness (QED) is 0.537. The summed E-state index contributed by atoms with van der Waals surface area (Å²) in [6, 6.07) is 5.87. The molecule has 0 aliphatic heterocycles. The molecule has 1 heterocycles. The minimum atomic E-state index is 0.737. The normalized spacial score (nSPS) is 10.2. The van der Waals surface area contributed by atoms with Gasteiger partial charge in [-0.3, -0.25) is 0 Å². The van der Waals surface area contributed by atoms with Crippen molar-refractivity contribution in [3.05, 3.63) is 41.4 Å². The van der Waals surface area contributed by atoms with E-state index in [0.717, 1.165) is 16.6 Å². The second-order valence-electron chi connectivity index (χ2n) is 3.20. The molecule has 13 heavy (non-hydrogen) atoms. The molecule has 2 heteroatoms. The third kappa shape index (κ3) is 1.01. The van der Waals surface area contributed by atoms with Crippen LogP contribution < -0.4 is 0 Å². The van der Waals surface area contributed by atoms with Gasteiger partial charge in [-0.15, -0.1) is 0 Å². The average Bonchev–Trinajstić information content (AvgIpc) is 2.50. The van der Waals surface area contributed by atoms with Crippen molar-refractivity contribution in [1.82, 2.24) is 4.57 Å². The van der Waals surface area contributed by atoms with Gasteiger partial charge >= 0.3 is 0 Å². The maximum Gasteiger partial charge on any atom is 0.196 e. The number of rotatable bonds is 0. The van der Waals surface area contributed by atoms with Crippen molar-refractivity contribution in [2.45, 2.75) is 6.92 Å². The third-order valence-corrected chi connectivity index (χ3v) is 2.33. The molecule has 0 aliphatic rings. The fraction of sp³-hybridized carbons (Fsp3) is 0.182. The molecular weight excluding hydrogens is 160 g/mol. The van der Waals surface area contributed by atoms with Crippen molar-refractivity contribution in [3.63, 3.8) is 0 Å². The van der Waals surface area contributed by atoms with Crippen molar-refractivity contribution in [2.75, 3.05) is 0 Å². The molecule has 1 aromatic carbocycles. The number of benzene rings is 1. The van der Waals surface area contributed by atoms with Gasteiger partial charge in [-0.25, -0.2) is 4.85 Å². The fourth-order valence-corrected chi connectivity index (χ4v) is 1.70. The Labute approximate surface area is 77.2 Å². The van der Waals surface area contributed by atoms with Crippen molar-refractivity contribution >= 4 is 16.6 Å². The van der Waals surface area contributed by atoms with Gasteiger partial charge in [-0.05, 0) is 18.6 Å². The van der Waals surface area contributed by atoms with E-state index >= 15 is 0 Å². The summed E-state index contributed by atoms with van der Waals surface area (Å²) in [5, 5.41) is 1.05. The molecule has 0 amide bonds. The minimum absolute atomic E-state index is 0.737. The number of aromatic nitrogens is 1. The van der Waals surface area contributed by atoms with Crippen LogP contribution in [0.4, 0.5) is 5.69 Å². The SMILES string of the molecule is [C-]#[N+]c1ccc(C)c2c1ccn2C. The predicted octanol–water partition coefficient (Wildman–Crippen LogP) is 3.04. The molecule has 0 spiro atoms. The van der Waals surface area contributed by atoms with Crippen LogP contribution >= 0.6 is 0 Å². The van der Waals surface area contributed by atoms with Gasteiger partial charge in [0.1, 0.15) is 0 Å². The second-order valence-corrected chi connectivity index (χ2v) is 3.20. The smallest absolute Gasteiger partial charge is 0.196 e. The molecule has 1 aromatic heterocycles. The monoisotopic (exact) mass is 170 g/mol. The van der Waals surface area contributed by atoms with Crippen LogP contribution in [0.2, 0.25) is 0 Å². The molecule has 0 aliphatic carbocycles. The lowest BCUT2D eigenvalue weighted by atomic mass is 10.1. The van der Waals surface area contributed by atoms with E-state index in [-0.39, 0.29) is 0 Å². The largest absolute Gasteiger partial charge is 0.351 e. The highest BCUT2D eigenvalue weighted by atomic mass is 14.9. The van der Waals surface area contributed by atoms with Crippen LogP contribution in [0.5, 0.6) is 0 Å². The van der Waals surface area contributed by atoms with Gasteiger partial charge in [0.2, 0.25) is 0 Å². The Morgan fingerprint density at radius 2 is 2.08 bits per heavy atom. The molecule has 0 atom stereocenters. The van der Waals surface area contributed by atoms with Crippen LogP contribution in [0.1, 0.15) is 5.56 Å². The van der Waals surface area contributed by atoms with E-state index in [0.29, 0.717) is 0 Å². The molecule has 2 nitrogen and oxygen atoms in total. The standard InChI is InChI=1S/C11H10N2/c1-8-4-5-10(12-2)9-6-7-13(3)11(8)9/h4-7H,1,3H3. The highest BCUT2D eigenvalue weighted by molar-refractivity contribution is 5.94. The zero-order valence-electron chi connectivity index (χ0n) is 7.70. The number of hydrogen-bond acceptors (Lipinski definition) is 0. The lowest BCUT2D eigenvalue weighted by Crippen LogP contribution is -1.86. The second kappa shape index (κ2) is 2.63. The highest BCUT2D eigenvalue weighted by Crippen LogP contribution is 2.28. The van der Waals surface area contributed by atoms with Crippen LogP contribution in [-0.2, 0) is 7.05 Å². The van der Waals surface area contributed by atoms with Gasteiger partial charge in [-0.2, -0.15) is 0 Å². The molecule has 0 bridgehead atoms. The van der Waals surface area contributed by atoms with Gasteiger partial charge in [-0.1, -0.05) is 12.1 Å². The van der Waals surface area contributed by atoms with Crippen LogP contribution in [0, 0.1) is 13.5 Å². The average molecular weight is 170 g/mol. The summed E-state index contributed by atoms with van der Waals surface area (Å²) in [7, 11) is 2.00. The van der Waals surface area contributed by atoms with E-state index in [9.17, 15) is 0 Å². The zero-order valence-corrected chi connectivity index (χ0v) is 7.70. The molecule has 2 rings (SSSR count). The summed E-state index contributed by atoms with van der Waals surface area (Å²) in [6.45, 7) is 9.09. The van der Waals surface area contributed by atoms with Gasteiger partial charge in [0.05, 0.1) is 6.57 Å². The van der Waals surface area contributed by atoms with E-state index < -0.39 is 0 Å². The summed E-state index contributed by atoms with van der Waals surface area (Å²) >= 11 is 0. The molecular formula is C11H10N2. The predicted molar refractivity (Wildman–Crippen MR) is 53.9 cm³/mol. The van der Waals surface area contributed by atoms with Gasteiger partial charge < -0.3 is 4.57 Å². The molecule has 64 valence electrons. The van der Waals surface area contributed by atoms with E-state index in [4.69, 9.17) is 6.57 Å². The van der Waals surface area contributed by atoms with Crippen LogP contribution in [0.3, 0.4) is 0 Å². The number of hydrogen-bond donors (Lipinski definition) is 0. The topological polar surface area (TPSA) is 9.29 Å². The minimum Gasteiger partial charge on any atom is -0.351 e. The lowest BCUT2D eigenvalue weighted by molar-refractivity contribution is 0.964. The summed E-state index contributed by atoms with van der Waals surface area (Å²) in [6.07, 6.45) is 1.99. The van der Waals surface area contributed by atoms with Crippen molar-refractivity contribution in [1.29, 1.82) is 0 Å². The number of nitrogens with zero attached hydrogens (tertiary/aromatic N) is 2. The third-order valence-electron chi connectivity index (χ3n) is 2.33. The zero-order chi connectivity index (χ0) is 9.42. The van der Waals surface area contributed by atoms with E-state index in [2.05, 4.69) is 16.3 Å². The lowest BCUT2D eigenvalue weighted by Gasteiger charge is -2.01. The fourth-order valence-electron chi connectivity index (χ4n) is 1.70. The first-order valence-electron chi connectivity index (χ1n) is 4.16. The summed E-state index contributed by atoms with van der Waals surface area (Å²) in [5.41, 5.74) is 3.12. The Bertz CT molecular complexity index is 501. The van der Waals surface area contributed by atoms with E-state index in [1.54, 1.807) is 0 Å². The number of fused-ring (bicyclic) bond motifs is 1. The summed E-state index contributed by atoms with van der Waals surface area (Å²) in [4.78, 5) is 3.49. The van der Waals surface area contributed by atoms with Gasteiger partial charge in [0.25, 0.3) is 0 Å². The Hall–Kier alpha value is -1.75. The maximum absolute atomic E-state index is 7.02. The maximum atomic E-state index is 7.02. The Morgan fingerprint density at radius 1 is 1.31 bits per heavy atom. The van der Waals surface area contributed by atoms with Crippen molar-refractivity contribution in [3.8, 4) is 0 Å². The summed E-state index contributed by atoms with van der Waals surface area (Å²) in [5.74, 6) is 0. The molecule has 2 aromatic rings. The summed E-state index contributed by atoms with van der Waals surface area (Å²) < 4.78 is 2.05. The van der Waals surface area contributed by atoms with E-state index in [1.807, 2.05) is 31.4 Å². The van der Waals surface area contributed by atoms with Crippen LogP contribution in [-0.4, -0.2) is 4.57 Å². The van der Waals surface area contributed by atoms with Gasteiger partial charge in [0.15, 0.2) is 5.69 Å². The molecule has 0 radical (unpaired) electrons. The van der Waals surface area contributed by atoms with E-state index in [1.165, 1.54) is 5.56 Å². The molecule has 0 unspecified atom stereocenters. The first-order chi connectivity index (χ1) is 6.24. The first kappa shape index (κ1) is 7.88. The molecule has 0 saturated carbocycles.